The summed E-state index contributed by atoms with van der Waals surface area (Å²) in [5.74, 6) is -0.326. The molecule has 2 aromatic heterocycles. The van der Waals surface area contributed by atoms with Crippen LogP contribution in [-0.2, 0) is 0 Å². The van der Waals surface area contributed by atoms with Gasteiger partial charge in [-0.05, 0) is 30.7 Å². The lowest BCUT2D eigenvalue weighted by molar-refractivity contribution is 0.1000. The molecule has 0 fully saturated rings. The molecule has 0 aliphatic rings. The van der Waals surface area contributed by atoms with Crippen LogP contribution >= 0.6 is 43.9 Å². The van der Waals surface area contributed by atoms with Gasteiger partial charge in [0.05, 0.1) is 21.8 Å². The van der Waals surface area contributed by atoms with Crippen LogP contribution in [0.5, 0.6) is 5.75 Å². The molecule has 11 heteroatoms. The highest BCUT2D eigenvalue weighted by Crippen LogP contribution is 2.39. The third-order valence-electron chi connectivity index (χ3n) is 4.23. The van der Waals surface area contributed by atoms with Crippen LogP contribution in [0, 0.1) is 10.6 Å². The summed E-state index contributed by atoms with van der Waals surface area (Å²) < 4.78 is 7.84. The number of carbonyl (C=O) groups excluding carboxylic acids is 2. The third kappa shape index (κ3) is 5.22. The fourth-order valence-electron chi connectivity index (χ4n) is 2.66. The number of aryl methyl sites for hydroxylation is 1. The van der Waals surface area contributed by atoms with E-state index in [0.29, 0.717) is 36.3 Å². The molecule has 0 saturated heterocycles. The first-order valence-corrected chi connectivity index (χ1v) is 12.2. The molecule has 2 N–H and O–H groups in total. The van der Waals surface area contributed by atoms with Gasteiger partial charge in [0.1, 0.15) is 9.39 Å². The number of carbonyl (C=O) groups is 2. The Hall–Kier alpha value is -2.63. The minimum absolute atomic E-state index is 0.162. The number of nitrogens with two attached hydrogens (primary N) is 1. The minimum atomic E-state index is -1.03. The van der Waals surface area contributed by atoms with Crippen molar-refractivity contribution in [2.75, 3.05) is 14.1 Å². The summed E-state index contributed by atoms with van der Waals surface area (Å²) in [6.45, 7) is 1.82. The van der Waals surface area contributed by atoms with Crippen LogP contribution in [0.1, 0.15) is 21.6 Å². The molecule has 0 saturated carbocycles. The zero-order valence-corrected chi connectivity index (χ0v) is 20.9. The second kappa shape index (κ2) is 10.3. The molecular weight excluding hydrogens is 568 g/mol. The van der Waals surface area contributed by atoms with Crippen LogP contribution in [0.15, 0.2) is 36.7 Å². The zero-order valence-electron chi connectivity index (χ0n) is 17.3. The monoisotopic (exact) mass is 585 g/mol. The predicted octanol–water partition coefficient (Wildman–Crippen LogP) is 4.30. The Labute approximate surface area is 204 Å². The number of hydrogen-bond donors (Lipinski definition) is 1. The topological polar surface area (TPSA) is 111 Å². The van der Waals surface area contributed by atoms with Gasteiger partial charge in [0.15, 0.2) is 5.75 Å². The lowest BCUT2D eigenvalue weighted by Crippen LogP contribution is -2.26. The summed E-state index contributed by atoms with van der Waals surface area (Å²) in [6.07, 6.45) is 2.39. The summed E-state index contributed by atoms with van der Waals surface area (Å²) in [6, 6.07) is 6.79. The van der Waals surface area contributed by atoms with Crippen molar-refractivity contribution in [1.29, 1.82) is 0 Å². The maximum absolute atomic E-state index is 12.1. The van der Waals surface area contributed by atoms with Crippen molar-refractivity contribution in [2.24, 2.45) is 5.73 Å². The van der Waals surface area contributed by atoms with E-state index in [9.17, 15) is 9.59 Å². The number of hydrogen-bond acceptors (Lipinski definition) is 6. The molecule has 166 valence electrons. The average Bonchev–Trinajstić information content (AvgIpc) is 2.74. The van der Waals surface area contributed by atoms with Crippen LogP contribution in [0.4, 0.5) is 4.79 Å². The molecule has 8 nitrogen and oxygen atoms in total. The summed E-state index contributed by atoms with van der Waals surface area (Å²) >= 11 is 11.8. The standard InChI is InChI=1S/C21H18Cl2IN5O3/c1-11-7-8-26-15(18(11)32-21(31)29(2)3)9-24-19-16(12(20(25)30)10-27-28-19)17-13(22)5-4-6-14(17)23/h4-10H,1-3H3,(H2,25,30). The summed E-state index contributed by atoms with van der Waals surface area (Å²) in [5.41, 5.74) is 7.87. The number of pyridine rings is 1. The molecular formula is C21H18Cl2IN5O3. The van der Waals surface area contributed by atoms with Gasteiger partial charge in [0.25, 0.3) is 5.91 Å². The summed E-state index contributed by atoms with van der Waals surface area (Å²) in [5, 5.41) is 8.88. The van der Waals surface area contributed by atoms with Crippen molar-refractivity contribution in [3.05, 3.63) is 67.2 Å². The SMILES string of the molecule is Cc1ccnc(C=Ic2nncc(C(N)=O)c2-c2c(Cl)cccc2Cl)c1OC(=O)N(C)C. The Morgan fingerprint density at radius 1 is 1.16 bits per heavy atom. The molecule has 3 rings (SSSR count). The van der Waals surface area contributed by atoms with E-state index in [1.165, 1.54) is 11.1 Å². The molecule has 2 amide bonds. The first-order valence-electron chi connectivity index (χ1n) is 9.12. The van der Waals surface area contributed by atoms with Gasteiger partial charge in [0, 0.05) is 35.4 Å². The van der Waals surface area contributed by atoms with Gasteiger partial charge in [-0.3, -0.25) is 9.78 Å². The molecule has 0 aliphatic heterocycles. The van der Waals surface area contributed by atoms with E-state index in [4.69, 9.17) is 33.7 Å². The fourth-order valence-corrected chi connectivity index (χ4v) is 5.40. The number of primary amides is 1. The van der Waals surface area contributed by atoms with Crippen LogP contribution in [0.2, 0.25) is 10.0 Å². The quantitative estimate of drug-likeness (QED) is 0.447. The van der Waals surface area contributed by atoms with Crippen LogP contribution in [0.3, 0.4) is 0 Å². The van der Waals surface area contributed by atoms with Gasteiger partial charge in [-0.1, -0.05) is 50.0 Å². The second-order valence-corrected chi connectivity index (χ2v) is 9.79. The highest BCUT2D eigenvalue weighted by molar-refractivity contribution is 14.2. The number of benzene rings is 1. The molecule has 3 aromatic rings. The van der Waals surface area contributed by atoms with Gasteiger partial charge in [0.2, 0.25) is 0 Å². The summed E-state index contributed by atoms with van der Waals surface area (Å²) in [7, 11) is 3.18. The van der Waals surface area contributed by atoms with Gasteiger partial charge in [-0.2, -0.15) is 5.10 Å². The predicted molar refractivity (Wildman–Crippen MR) is 133 cm³/mol. The van der Waals surface area contributed by atoms with Gasteiger partial charge >= 0.3 is 6.09 Å². The molecule has 0 radical (unpaired) electrons. The van der Waals surface area contributed by atoms with Crippen molar-refractivity contribution in [3.63, 3.8) is 0 Å². The Bertz CT molecular complexity index is 1210. The van der Waals surface area contributed by atoms with Crippen molar-refractivity contribution in [2.45, 2.75) is 6.92 Å². The van der Waals surface area contributed by atoms with Gasteiger partial charge in [-0.25, -0.2) is 4.79 Å². The van der Waals surface area contributed by atoms with Crippen molar-refractivity contribution in [1.82, 2.24) is 20.1 Å². The van der Waals surface area contributed by atoms with Crippen LogP contribution in [-0.4, -0.2) is 50.2 Å². The van der Waals surface area contributed by atoms with Gasteiger partial charge in [-0.15, -0.1) is 5.10 Å². The zero-order chi connectivity index (χ0) is 23.4. The number of rotatable bonds is 5. The Balaban J connectivity index is 2.16. The molecule has 0 spiro atoms. The molecule has 0 unspecified atom stereocenters. The van der Waals surface area contributed by atoms with E-state index in [1.807, 2.05) is 10.9 Å². The Morgan fingerprint density at radius 3 is 2.47 bits per heavy atom. The highest BCUT2D eigenvalue weighted by atomic mass is 127. The molecule has 0 bridgehead atoms. The number of halogens is 3. The lowest BCUT2D eigenvalue weighted by Gasteiger charge is -2.14. The van der Waals surface area contributed by atoms with E-state index in [1.54, 1.807) is 44.6 Å². The molecule has 0 atom stereocenters. The maximum Gasteiger partial charge on any atom is 0.414 e. The van der Waals surface area contributed by atoms with Crippen LogP contribution < -0.4 is 10.5 Å². The normalized spacial score (nSPS) is 11.2. The fraction of sp³-hybridized carbons (Fsp3) is 0.143. The third-order valence-corrected chi connectivity index (χ3v) is 7.11. The number of aromatic nitrogens is 3. The molecule has 2 heterocycles. The number of nitrogens with zero attached hydrogens (tertiary/aromatic N) is 4. The summed E-state index contributed by atoms with van der Waals surface area (Å²) in [4.78, 5) is 29.9. The first-order chi connectivity index (χ1) is 15.2. The van der Waals surface area contributed by atoms with E-state index in [0.717, 1.165) is 5.56 Å². The molecule has 32 heavy (non-hydrogen) atoms. The lowest BCUT2D eigenvalue weighted by atomic mass is 10.0. The van der Waals surface area contributed by atoms with Gasteiger partial charge < -0.3 is 15.4 Å². The molecule has 1 aromatic carbocycles. The Morgan fingerprint density at radius 2 is 1.84 bits per heavy atom. The second-order valence-electron chi connectivity index (χ2n) is 6.71. The van der Waals surface area contributed by atoms with Crippen LogP contribution in [0.25, 0.3) is 11.1 Å². The smallest absolute Gasteiger partial charge is 0.408 e. The van der Waals surface area contributed by atoms with E-state index >= 15 is 0 Å². The highest BCUT2D eigenvalue weighted by Gasteiger charge is 2.21. The first kappa shape index (κ1) is 24.0. The van der Waals surface area contributed by atoms with E-state index < -0.39 is 32.7 Å². The Kier molecular flexibility index (Phi) is 7.75. The van der Waals surface area contributed by atoms with Crippen molar-refractivity contribution in [3.8, 4) is 16.9 Å². The number of amides is 2. The molecule has 0 aliphatic carbocycles. The number of ether oxygens (including phenoxy) is 1. The van der Waals surface area contributed by atoms with Crippen molar-refractivity contribution < 1.29 is 14.3 Å². The van der Waals surface area contributed by atoms with E-state index in [-0.39, 0.29) is 5.56 Å². The van der Waals surface area contributed by atoms with Crippen molar-refractivity contribution >= 4 is 59.9 Å². The largest absolute Gasteiger partial charge is 0.414 e. The average molecular weight is 586 g/mol. The van der Waals surface area contributed by atoms with E-state index in [2.05, 4.69) is 15.2 Å². The minimum Gasteiger partial charge on any atom is -0.408 e. The maximum atomic E-state index is 12.1.